The standard InChI is InChI=1S/C23H26F2IN3O3/c1-12(2)28-7-8-29(14(4)11-28)22(30)16-10-17(23(31)32)21(20(25)19(16)24)27-18-6-5-15(26)9-13(18)3/h5-6,9-10,12,14,27H,7-8,11H2,1-4H3,(H,31,32). The molecular formula is C23H26F2IN3O3. The number of anilines is 2. The van der Waals surface area contributed by atoms with E-state index in [2.05, 4.69) is 46.7 Å². The van der Waals surface area contributed by atoms with Gasteiger partial charge in [-0.3, -0.25) is 9.69 Å². The van der Waals surface area contributed by atoms with Gasteiger partial charge in [0.1, 0.15) is 0 Å². The molecule has 1 aliphatic rings. The molecular weight excluding hydrogens is 531 g/mol. The van der Waals surface area contributed by atoms with Gasteiger partial charge in [0.25, 0.3) is 5.91 Å². The molecule has 0 spiro atoms. The van der Waals surface area contributed by atoms with Crippen LogP contribution in [0.15, 0.2) is 24.3 Å². The van der Waals surface area contributed by atoms with Gasteiger partial charge in [-0.1, -0.05) is 0 Å². The van der Waals surface area contributed by atoms with Crippen LogP contribution in [0.5, 0.6) is 0 Å². The number of aryl methyl sites for hydroxylation is 1. The number of carboxylic acid groups (broad SMARTS) is 1. The highest BCUT2D eigenvalue weighted by atomic mass is 127. The molecule has 1 saturated heterocycles. The van der Waals surface area contributed by atoms with Crippen molar-refractivity contribution in [2.45, 2.75) is 39.8 Å². The zero-order chi connectivity index (χ0) is 23.7. The SMILES string of the molecule is Cc1cc(I)ccc1Nc1c(C(=O)O)cc(C(=O)N2CCN(C(C)C)CC2C)c(F)c1F. The van der Waals surface area contributed by atoms with Crippen molar-refractivity contribution >= 4 is 45.8 Å². The number of halogens is 3. The van der Waals surface area contributed by atoms with Gasteiger partial charge in [-0.05, 0) is 80.1 Å². The summed E-state index contributed by atoms with van der Waals surface area (Å²) in [5, 5.41) is 12.4. The Balaban J connectivity index is 1.98. The summed E-state index contributed by atoms with van der Waals surface area (Å²) in [6.45, 7) is 9.28. The van der Waals surface area contributed by atoms with Crippen LogP contribution in [0, 0.1) is 22.1 Å². The smallest absolute Gasteiger partial charge is 0.337 e. The Labute approximate surface area is 199 Å². The number of carboxylic acids is 1. The number of carbonyl (C=O) groups is 2. The minimum Gasteiger partial charge on any atom is -0.478 e. The number of amides is 1. The highest BCUT2D eigenvalue weighted by Gasteiger charge is 2.33. The van der Waals surface area contributed by atoms with Crippen molar-refractivity contribution in [2.75, 3.05) is 25.0 Å². The Morgan fingerprint density at radius 2 is 1.84 bits per heavy atom. The number of rotatable bonds is 5. The normalized spacial score (nSPS) is 17.0. The van der Waals surface area contributed by atoms with E-state index in [1.54, 1.807) is 19.1 Å². The number of hydrogen-bond acceptors (Lipinski definition) is 4. The molecule has 1 amide bonds. The van der Waals surface area contributed by atoms with Gasteiger partial charge in [-0.15, -0.1) is 0 Å². The molecule has 172 valence electrons. The minimum atomic E-state index is -1.46. The average molecular weight is 557 g/mol. The van der Waals surface area contributed by atoms with Gasteiger partial charge in [0.15, 0.2) is 11.6 Å². The summed E-state index contributed by atoms with van der Waals surface area (Å²) in [5.74, 6) is -4.91. The number of aromatic carboxylic acids is 1. The molecule has 1 heterocycles. The zero-order valence-electron chi connectivity index (χ0n) is 18.4. The molecule has 0 aliphatic carbocycles. The van der Waals surface area contributed by atoms with E-state index in [1.807, 2.05) is 13.0 Å². The summed E-state index contributed by atoms with van der Waals surface area (Å²) >= 11 is 2.12. The van der Waals surface area contributed by atoms with Crippen LogP contribution in [0.3, 0.4) is 0 Å². The fourth-order valence-electron chi connectivity index (χ4n) is 3.89. The molecule has 2 aromatic carbocycles. The lowest BCUT2D eigenvalue weighted by molar-refractivity contribution is 0.0421. The fourth-order valence-corrected chi connectivity index (χ4v) is 4.53. The van der Waals surface area contributed by atoms with Crippen LogP contribution in [0.2, 0.25) is 0 Å². The number of nitrogens with zero attached hydrogens (tertiary/aromatic N) is 2. The van der Waals surface area contributed by atoms with E-state index in [0.29, 0.717) is 31.4 Å². The van der Waals surface area contributed by atoms with E-state index in [0.717, 1.165) is 15.2 Å². The third-order valence-corrected chi connectivity index (χ3v) is 6.44. The van der Waals surface area contributed by atoms with Crippen LogP contribution >= 0.6 is 22.6 Å². The van der Waals surface area contributed by atoms with Gasteiger partial charge in [0.2, 0.25) is 0 Å². The van der Waals surface area contributed by atoms with Gasteiger partial charge in [-0.2, -0.15) is 0 Å². The van der Waals surface area contributed by atoms with Crippen molar-refractivity contribution in [2.24, 2.45) is 0 Å². The second-order valence-corrected chi connectivity index (χ2v) is 9.55. The molecule has 0 radical (unpaired) electrons. The molecule has 1 atom stereocenters. The number of benzene rings is 2. The highest BCUT2D eigenvalue weighted by molar-refractivity contribution is 14.1. The number of carbonyl (C=O) groups excluding carboxylic acids is 1. The Morgan fingerprint density at radius 3 is 2.41 bits per heavy atom. The molecule has 0 aromatic heterocycles. The molecule has 6 nitrogen and oxygen atoms in total. The van der Waals surface area contributed by atoms with E-state index < -0.39 is 40.3 Å². The molecule has 1 unspecified atom stereocenters. The topological polar surface area (TPSA) is 72.9 Å². The Hall–Kier alpha value is -2.27. The van der Waals surface area contributed by atoms with Crippen LogP contribution in [-0.4, -0.2) is 58.5 Å². The predicted molar refractivity (Wildman–Crippen MR) is 128 cm³/mol. The van der Waals surface area contributed by atoms with Gasteiger partial charge in [0.05, 0.1) is 16.8 Å². The van der Waals surface area contributed by atoms with Crippen molar-refractivity contribution in [1.82, 2.24) is 9.80 Å². The monoisotopic (exact) mass is 557 g/mol. The quantitative estimate of drug-likeness (QED) is 0.514. The Morgan fingerprint density at radius 1 is 1.16 bits per heavy atom. The maximum Gasteiger partial charge on any atom is 0.337 e. The first-order valence-corrected chi connectivity index (χ1v) is 11.4. The molecule has 0 bridgehead atoms. The van der Waals surface area contributed by atoms with E-state index >= 15 is 8.78 Å². The van der Waals surface area contributed by atoms with Crippen molar-refractivity contribution in [1.29, 1.82) is 0 Å². The minimum absolute atomic E-state index is 0.221. The van der Waals surface area contributed by atoms with Crippen LogP contribution < -0.4 is 5.32 Å². The molecule has 1 fully saturated rings. The highest BCUT2D eigenvalue weighted by Crippen LogP contribution is 2.31. The third-order valence-electron chi connectivity index (χ3n) is 5.77. The predicted octanol–water partition coefficient (Wildman–Crippen LogP) is 4.87. The first-order chi connectivity index (χ1) is 15.0. The Kier molecular flexibility index (Phi) is 7.39. The molecule has 9 heteroatoms. The van der Waals surface area contributed by atoms with Gasteiger partial charge in [-0.25, -0.2) is 13.6 Å². The van der Waals surface area contributed by atoms with E-state index in [-0.39, 0.29) is 6.04 Å². The molecule has 32 heavy (non-hydrogen) atoms. The largest absolute Gasteiger partial charge is 0.478 e. The maximum absolute atomic E-state index is 15.1. The summed E-state index contributed by atoms with van der Waals surface area (Å²) in [5.41, 5.74) is -0.393. The summed E-state index contributed by atoms with van der Waals surface area (Å²) in [4.78, 5) is 28.6. The van der Waals surface area contributed by atoms with E-state index in [4.69, 9.17) is 0 Å². The number of nitrogens with one attached hydrogen (secondary N) is 1. The fraction of sp³-hybridized carbons (Fsp3) is 0.391. The Bertz CT molecular complexity index is 1060. The van der Waals surface area contributed by atoms with Gasteiger partial charge in [0, 0.05) is 41.0 Å². The molecule has 3 rings (SSSR count). The average Bonchev–Trinajstić information content (AvgIpc) is 2.72. The van der Waals surface area contributed by atoms with Gasteiger partial charge >= 0.3 is 5.97 Å². The maximum atomic E-state index is 15.1. The van der Waals surface area contributed by atoms with Crippen molar-refractivity contribution in [3.63, 3.8) is 0 Å². The molecule has 2 N–H and O–H groups in total. The number of hydrogen-bond donors (Lipinski definition) is 2. The van der Waals surface area contributed by atoms with Crippen LogP contribution in [-0.2, 0) is 0 Å². The van der Waals surface area contributed by atoms with E-state index in [1.165, 1.54) is 4.90 Å². The molecule has 1 aliphatic heterocycles. The van der Waals surface area contributed by atoms with Gasteiger partial charge < -0.3 is 15.3 Å². The first-order valence-electron chi connectivity index (χ1n) is 10.3. The van der Waals surface area contributed by atoms with Crippen molar-refractivity contribution < 1.29 is 23.5 Å². The second-order valence-electron chi connectivity index (χ2n) is 8.30. The van der Waals surface area contributed by atoms with Crippen LogP contribution in [0.1, 0.15) is 47.1 Å². The lowest BCUT2D eigenvalue weighted by Crippen LogP contribution is -2.55. The summed E-state index contributed by atoms with van der Waals surface area (Å²) < 4.78 is 31.1. The number of piperazine rings is 1. The summed E-state index contributed by atoms with van der Waals surface area (Å²) in [6.07, 6.45) is 0. The summed E-state index contributed by atoms with van der Waals surface area (Å²) in [7, 11) is 0. The molecule has 2 aromatic rings. The lowest BCUT2D eigenvalue weighted by atomic mass is 10.0. The van der Waals surface area contributed by atoms with Crippen molar-refractivity contribution in [3.8, 4) is 0 Å². The zero-order valence-corrected chi connectivity index (χ0v) is 20.5. The lowest BCUT2D eigenvalue weighted by Gasteiger charge is -2.41. The second kappa shape index (κ2) is 9.70. The third kappa shape index (κ3) is 4.88. The first kappa shape index (κ1) is 24.4. The molecule has 0 saturated carbocycles. The summed E-state index contributed by atoms with van der Waals surface area (Å²) in [6, 6.07) is 6.26. The van der Waals surface area contributed by atoms with Crippen LogP contribution in [0.4, 0.5) is 20.2 Å². The van der Waals surface area contributed by atoms with Crippen LogP contribution in [0.25, 0.3) is 0 Å². The van der Waals surface area contributed by atoms with E-state index in [9.17, 15) is 14.7 Å². The van der Waals surface area contributed by atoms with Crippen molar-refractivity contribution in [3.05, 3.63) is 56.2 Å².